The van der Waals surface area contributed by atoms with E-state index in [0.717, 1.165) is 38.5 Å². The molecular weight excluding hydrogens is 180 g/mol. The predicted molar refractivity (Wildman–Crippen MR) is 50.7 cm³/mol. The molecule has 78 valence electrons. The standard InChI is InChI=1S/C11H16O3/c1-8(12)14-9-4-7-11(10(9)13)5-2-3-6-11/h9H,2-7H2,1H3/t9-/m0/s1. The van der Waals surface area contributed by atoms with Crippen LogP contribution in [0, 0.1) is 5.41 Å². The minimum atomic E-state index is -0.439. The van der Waals surface area contributed by atoms with Gasteiger partial charge in [-0.15, -0.1) is 0 Å². The third-order valence-corrected chi connectivity index (χ3v) is 3.57. The van der Waals surface area contributed by atoms with Crippen molar-refractivity contribution in [1.29, 1.82) is 0 Å². The van der Waals surface area contributed by atoms with E-state index in [2.05, 4.69) is 0 Å². The molecule has 2 aliphatic carbocycles. The van der Waals surface area contributed by atoms with Crippen LogP contribution in [0.25, 0.3) is 0 Å². The molecule has 0 bridgehead atoms. The summed E-state index contributed by atoms with van der Waals surface area (Å²) in [6.07, 6.45) is 5.53. The molecule has 0 saturated heterocycles. The van der Waals surface area contributed by atoms with Crippen LogP contribution < -0.4 is 0 Å². The largest absolute Gasteiger partial charge is 0.455 e. The maximum absolute atomic E-state index is 12.0. The second-order valence-corrected chi connectivity index (χ2v) is 4.49. The quantitative estimate of drug-likeness (QED) is 0.601. The van der Waals surface area contributed by atoms with Gasteiger partial charge in [-0.3, -0.25) is 9.59 Å². The highest BCUT2D eigenvalue weighted by Crippen LogP contribution is 2.48. The molecule has 2 aliphatic rings. The van der Waals surface area contributed by atoms with Gasteiger partial charge in [0.15, 0.2) is 11.9 Å². The van der Waals surface area contributed by atoms with E-state index in [1.165, 1.54) is 6.92 Å². The lowest BCUT2D eigenvalue weighted by Gasteiger charge is -2.20. The van der Waals surface area contributed by atoms with Crippen molar-refractivity contribution in [2.45, 2.75) is 51.6 Å². The summed E-state index contributed by atoms with van der Waals surface area (Å²) in [4.78, 5) is 22.8. The van der Waals surface area contributed by atoms with Gasteiger partial charge in [0.05, 0.1) is 0 Å². The van der Waals surface area contributed by atoms with Crippen molar-refractivity contribution in [1.82, 2.24) is 0 Å². The van der Waals surface area contributed by atoms with Crippen LogP contribution in [-0.2, 0) is 14.3 Å². The van der Waals surface area contributed by atoms with E-state index in [9.17, 15) is 9.59 Å². The molecule has 2 fully saturated rings. The Bertz CT molecular complexity index is 264. The van der Waals surface area contributed by atoms with Crippen molar-refractivity contribution in [3.63, 3.8) is 0 Å². The van der Waals surface area contributed by atoms with E-state index in [-0.39, 0.29) is 17.2 Å². The SMILES string of the molecule is CC(=O)O[C@H]1CCC2(CCCC2)C1=O. The average molecular weight is 196 g/mol. The second-order valence-electron chi connectivity index (χ2n) is 4.49. The highest BCUT2D eigenvalue weighted by Gasteiger charge is 2.50. The molecule has 0 amide bonds. The third-order valence-electron chi connectivity index (χ3n) is 3.57. The first-order chi connectivity index (χ1) is 6.64. The number of esters is 1. The summed E-state index contributed by atoms with van der Waals surface area (Å²) in [5.74, 6) is -0.149. The summed E-state index contributed by atoms with van der Waals surface area (Å²) in [6.45, 7) is 1.37. The first-order valence-electron chi connectivity index (χ1n) is 5.36. The number of Topliss-reactive ketones (excluding diaryl/α,β-unsaturated/α-hetero) is 1. The zero-order chi connectivity index (χ0) is 10.2. The van der Waals surface area contributed by atoms with Crippen molar-refractivity contribution in [2.24, 2.45) is 5.41 Å². The Morgan fingerprint density at radius 2 is 2.00 bits per heavy atom. The van der Waals surface area contributed by atoms with E-state index in [0.29, 0.717) is 0 Å². The highest BCUT2D eigenvalue weighted by atomic mass is 16.5. The number of carbonyl (C=O) groups excluding carboxylic acids is 2. The topological polar surface area (TPSA) is 43.4 Å². The molecule has 0 aromatic rings. The molecule has 0 aliphatic heterocycles. The van der Waals surface area contributed by atoms with Crippen LogP contribution in [0.15, 0.2) is 0 Å². The molecule has 2 rings (SSSR count). The molecule has 0 aromatic carbocycles. The Morgan fingerprint density at radius 3 is 2.57 bits per heavy atom. The Kier molecular flexibility index (Phi) is 2.33. The van der Waals surface area contributed by atoms with Gasteiger partial charge in [-0.1, -0.05) is 12.8 Å². The highest BCUT2D eigenvalue weighted by molar-refractivity contribution is 5.92. The van der Waals surface area contributed by atoms with Crippen LogP contribution in [0.4, 0.5) is 0 Å². The fourth-order valence-corrected chi connectivity index (χ4v) is 2.86. The molecule has 2 saturated carbocycles. The van der Waals surface area contributed by atoms with Crippen LogP contribution in [0.5, 0.6) is 0 Å². The van der Waals surface area contributed by atoms with Gasteiger partial charge >= 0.3 is 5.97 Å². The first kappa shape index (κ1) is 9.69. The van der Waals surface area contributed by atoms with Gasteiger partial charge in [0.25, 0.3) is 0 Å². The number of hydrogen-bond acceptors (Lipinski definition) is 3. The Labute approximate surface area is 83.8 Å². The van der Waals surface area contributed by atoms with Crippen molar-refractivity contribution in [3.8, 4) is 0 Å². The summed E-state index contributed by atoms with van der Waals surface area (Å²) in [5, 5.41) is 0. The van der Waals surface area contributed by atoms with E-state index in [1.54, 1.807) is 0 Å². The molecule has 0 radical (unpaired) electrons. The van der Waals surface area contributed by atoms with Crippen molar-refractivity contribution < 1.29 is 14.3 Å². The van der Waals surface area contributed by atoms with Crippen LogP contribution >= 0.6 is 0 Å². The Balaban J connectivity index is 2.06. The van der Waals surface area contributed by atoms with E-state index >= 15 is 0 Å². The molecule has 1 atom stereocenters. The molecule has 0 unspecified atom stereocenters. The zero-order valence-corrected chi connectivity index (χ0v) is 8.54. The summed E-state index contributed by atoms with van der Waals surface area (Å²) in [7, 11) is 0. The fourth-order valence-electron chi connectivity index (χ4n) is 2.86. The van der Waals surface area contributed by atoms with E-state index in [1.807, 2.05) is 0 Å². The molecule has 14 heavy (non-hydrogen) atoms. The molecule has 0 N–H and O–H groups in total. The van der Waals surface area contributed by atoms with Crippen LogP contribution in [0.3, 0.4) is 0 Å². The van der Waals surface area contributed by atoms with Gasteiger partial charge in [-0.2, -0.15) is 0 Å². The minimum Gasteiger partial charge on any atom is -0.455 e. The van der Waals surface area contributed by atoms with Gasteiger partial charge in [0, 0.05) is 12.3 Å². The fraction of sp³-hybridized carbons (Fsp3) is 0.818. The number of carbonyl (C=O) groups is 2. The predicted octanol–water partition coefficient (Wildman–Crippen LogP) is 1.84. The average Bonchev–Trinajstić information content (AvgIpc) is 2.69. The second kappa shape index (κ2) is 3.37. The van der Waals surface area contributed by atoms with Gasteiger partial charge in [0.2, 0.25) is 0 Å². The summed E-state index contributed by atoms with van der Waals surface area (Å²) in [6, 6.07) is 0. The van der Waals surface area contributed by atoms with Crippen molar-refractivity contribution in [2.75, 3.05) is 0 Å². The summed E-state index contributed by atoms with van der Waals surface area (Å²) in [5.41, 5.74) is -0.111. The number of rotatable bonds is 1. The molecule has 0 aromatic heterocycles. The normalized spacial score (nSPS) is 29.8. The van der Waals surface area contributed by atoms with Gasteiger partial charge < -0.3 is 4.74 Å². The minimum absolute atomic E-state index is 0.111. The van der Waals surface area contributed by atoms with Gasteiger partial charge in [-0.05, 0) is 25.7 Å². The molecule has 3 heteroatoms. The maximum Gasteiger partial charge on any atom is 0.303 e. The smallest absolute Gasteiger partial charge is 0.303 e. The summed E-state index contributed by atoms with van der Waals surface area (Å²) < 4.78 is 5.02. The van der Waals surface area contributed by atoms with Gasteiger partial charge in [0.1, 0.15) is 0 Å². The van der Waals surface area contributed by atoms with E-state index in [4.69, 9.17) is 4.74 Å². The van der Waals surface area contributed by atoms with Crippen molar-refractivity contribution in [3.05, 3.63) is 0 Å². The lowest BCUT2D eigenvalue weighted by Crippen LogP contribution is -2.30. The Morgan fingerprint density at radius 1 is 1.36 bits per heavy atom. The lowest BCUT2D eigenvalue weighted by molar-refractivity contribution is -0.153. The van der Waals surface area contributed by atoms with Crippen LogP contribution in [-0.4, -0.2) is 17.9 Å². The lowest BCUT2D eigenvalue weighted by atomic mass is 9.83. The molecule has 1 spiro atoms. The molecule has 3 nitrogen and oxygen atoms in total. The molecular formula is C11H16O3. The number of ketones is 1. The van der Waals surface area contributed by atoms with Crippen molar-refractivity contribution >= 4 is 11.8 Å². The van der Waals surface area contributed by atoms with Gasteiger partial charge in [-0.25, -0.2) is 0 Å². The summed E-state index contributed by atoms with van der Waals surface area (Å²) >= 11 is 0. The monoisotopic (exact) mass is 196 g/mol. The number of hydrogen-bond donors (Lipinski definition) is 0. The zero-order valence-electron chi connectivity index (χ0n) is 8.54. The first-order valence-corrected chi connectivity index (χ1v) is 5.36. The Hall–Kier alpha value is -0.860. The number of ether oxygens (including phenoxy) is 1. The van der Waals surface area contributed by atoms with Crippen LogP contribution in [0.1, 0.15) is 45.4 Å². The third kappa shape index (κ3) is 1.45. The maximum atomic E-state index is 12.0. The van der Waals surface area contributed by atoms with E-state index < -0.39 is 6.10 Å². The molecule has 0 heterocycles. The van der Waals surface area contributed by atoms with Crippen LogP contribution in [0.2, 0.25) is 0 Å².